The molecule has 0 radical (unpaired) electrons. The van der Waals surface area contributed by atoms with E-state index in [0.717, 1.165) is 12.6 Å². The van der Waals surface area contributed by atoms with Gasteiger partial charge in [-0.1, -0.05) is 18.1 Å². The molecular formula is C15H16N2. The van der Waals surface area contributed by atoms with Crippen LogP contribution in [0.15, 0.2) is 30.5 Å². The lowest BCUT2D eigenvalue weighted by molar-refractivity contribution is 0.691. The van der Waals surface area contributed by atoms with E-state index in [4.69, 9.17) is 6.42 Å². The summed E-state index contributed by atoms with van der Waals surface area (Å²) >= 11 is 0. The lowest BCUT2D eigenvalue weighted by Crippen LogP contribution is -2.15. The van der Waals surface area contributed by atoms with Crippen molar-refractivity contribution in [1.29, 1.82) is 0 Å². The second-order valence-corrected chi connectivity index (χ2v) is 4.65. The monoisotopic (exact) mass is 224 g/mol. The quantitative estimate of drug-likeness (QED) is 0.790. The van der Waals surface area contributed by atoms with E-state index in [1.165, 1.54) is 29.3 Å². The van der Waals surface area contributed by atoms with Gasteiger partial charge in [0.05, 0.1) is 6.54 Å². The van der Waals surface area contributed by atoms with Gasteiger partial charge in [0, 0.05) is 29.7 Å². The fourth-order valence-corrected chi connectivity index (χ4v) is 2.22. The van der Waals surface area contributed by atoms with Gasteiger partial charge < -0.3 is 9.88 Å². The Morgan fingerprint density at radius 1 is 1.35 bits per heavy atom. The summed E-state index contributed by atoms with van der Waals surface area (Å²) in [4.78, 5) is 0. The summed E-state index contributed by atoms with van der Waals surface area (Å²) in [5.41, 5.74) is 2.60. The van der Waals surface area contributed by atoms with Crippen molar-refractivity contribution in [2.24, 2.45) is 0 Å². The van der Waals surface area contributed by atoms with Gasteiger partial charge in [0.1, 0.15) is 0 Å². The van der Waals surface area contributed by atoms with Gasteiger partial charge in [0.15, 0.2) is 0 Å². The van der Waals surface area contributed by atoms with Crippen LogP contribution in [0, 0.1) is 12.3 Å². The first-order valence-corrected chi connectivity index (χ1v) is 6.12. The van der Waals surface area contributed by atoms with Crippen LogP contribution in [0.2, 0.25) is 0 Å². The number of nitrogens with zero attached hydrogens (tertiary/aromatic N) is 1. The van der Waals surface area contributed by atoms with E-state index in [0.29, 0.717) is 6.54 Å². The van der Waals surface area contributed by atoms with Crippen LogP contribution in [-0.4, -0.2) is 10.6 Å². The fraction of sp³-hybridized carbons (Fsp3) is 0.333. The van der Waals surface area contributed by atoms with E-state index >= 15 is 0 Å². The molecule has 86 valence electrons. The Balaban J connectivity index is 1.92. The Morgan fingerprint density at radius 2 is 2.24 bits per heavy atom. The molecule has 0 unspecified atom stereocenters. The summed E-state index contributed by atoms with van der Waals surface area (Å²) < 4.78 is 2.12. The molecule has 0 saturated heterocycles. The van der Waals surface area contributed by atoms with Gasteiger partial charge >= 0.3 is 0 Å². The van der Waals surface area contributed by atoms with Gasteiger partial charge in [-0.05, 0) is 30.5 Å². The van der Waals surface area contributed by atoms with Crippen LogP contribution >= 0.6 is 0 Å². The largest absolute Gasteiger partial charge is 0.336 e. The highest BCUT2D eigenvalue weighted by Crippen LogP contribution is 2.23. The van der Waals surface area contributed by atoms with Gasteiger partial charge in [0.25, 0.3) is 0 Å². The van der Waals surface area contributed by atoms with Crippen LogP contribution in [0.4, 0.5) is 0 Å². The number of hydrogen-bond donors (Lipinski definition) is 1. The van der Waals surface area contributed by atoms with Crippen molar-refractivity contribution in [3.63, 3.8) is 0 Å². The average Bonchev–Trinajstić information content (AvgIpc) is 3.09. The van der Waals surface area contributed by atoms with Crippen molar-refractivity contribution in [2.75, 3.05) is 0 Å². The Hall–Kier alpha value is -1.72. The highest BCUT2D eigenvalue weighted by molar-refractivity contribution is 5.83. The summed E-state index contributed by atoms with van der Waals surface area (Å²) in [7, 11) is 0. The number of benzene rings is 1. The molecule has 17 heavy (non-hydrogen) atoms. The van der Waals surface area contributed by atoms with Crippen molar-refractivity contribution in [1.82, 2.24) is 9.88 Å². The van der Waals surface area contributed by atoms with Crippen molar-refractivity contribution in [3.8, 4) is 12.3 Å². The third kappa shape index (κ3) is 2.07. The average molecular weight is 224 g/mol. The van der Waals surface area contributed by atoms with E-state index in [-0.39, 0.29) is 0 Å². The van der Waals surface area contributed by atoms with E-state index in [9.17, 15) is 0 Å². The van der Waals surface area contributed by atoms with E-state index in [1.807, 2.05) is 0 Å². The molecule has 2 nitrogen and oxygen atoms in total. The number of fused-ring (bicyclic) bond motifs is 1. The molecule has 1 heterocycles. The zero-order valence-corrected chi connectivity index (χ0v) is 9.82. The Bertz CT molecular complexity index is 570. The lowest BCUT2D eigenvalue weighted by Gasteiger charge is -2.06. The predicted octanol–water partition coefficient (Wildman–Crippen LogP) is 2.53. The summed E-state index contributed by atoms with van der Waals surface area (Å²) in [6.45, 7) is 1.60. The van der Waals surface area contributed by atoms with Gasteiger partial charge in [-0.15, -0.1) is 6.42 Å². The SMILES string of the molecule is C#CCn1ccc2c(CNC3CC3)cccc21. The maximum absolute atomic E-state index is 5.37. The minimum Gasteiger partial charge on any atom is -0.336 e. The van der Waals surface area contributed by atoms with Crippen molar-refractivity contribution in [2.45, 2.75) is 32.0 Å². The maximum Gasteiger partial charge on any atom is 0.0834 e. The summed E-state index contributed by atoms with van der Waals surface area (Å²) in [5.74, 6) is 2.69. The highest BCUT2D eigenvalue weighted by atomic mass is 15.0. The molecule has 1 saturated carbocycles. The molecule has 0 aliphatic heterocycles. The van der Waals surface area contributed by atoms with Gasteiger partial charge in [0.2, 0.25) is 0 Å². The zero-order valence-electron chi connectivity index (χ0n) is 9.82. The molecule has 2 heteroatoms. The van der Waals surface area contributed by atoms with Gasteiger partial charge in [-0.2, -0.15) is 0 Å². The summed E-state index contributed by atoms with van der Waals surface area (Å²) in [6.07, 6.45) is 10.1. The number of terminal acetylenes is 1. The third-order valence-corrected chi connectivity index (χ3v) is 3.32. The van der Waals surface area contributed by atoms with Crippen LogP contribution in [0.5, 0.6) is 0 Å². The first-order chi connectivity index (χ1) is 8.38. The molecule has 1 aliphatic carbocycles. The minimum atomic E-state index is 0.642. The number of aromatic nitrogens is 1. The smallest absolute Gasteiger partial charge is 0.0834 e. The van der Waals surface area contributed by atoms with Crippen LogP contribution in [0.25, 0.3) is 10.9 Å². The molecule has 0 bridgehead atoms. The Labute approximate surface area is 102 Å². The van der Waals surface area contributed by atoms with E-state index in [1.54, 1.807) is 0 Å². The first-order valence-electron chi connectivity index (χ1n) is 6.12. The molecule has 1 fully saturated rings. The molecule has 3 rings (SSSR count). The van der Waals surface area contributed by atoms with Gasteiger partial charge in [-0.25, -0.2) is 0 Å². The molecule has 0 atom stereocenters. The first kappa shape index (κ1) is 10.4. The molecule has 1 aromatic carbocycles. The minimum absolute atomic E-state index is 0.642. The van der Waals surface area contributed by atoms with Crippen LogP contribution < -0.4 is 5.32 Å². The molecular weight excluding hydrogens is 208 g/mol. The highest BCUT2D eigenvalue weighted by Gasteiger charge is 2.20. The predicted molar refractivity (Wildman–Crippen MR) is 70.6 cm³/mol. The molecule has 1 N–H and O–H groups in total. The standard InChI is InChI=1S/C15H16N2/c1-2-9-17-10-8-14-12(4-3-5-15(14)17)11-16-13-6-7-13/h1,3-5,8,10,13,16H,6-7,9,11H2. The third-order valence-electron chi connectivity index (χ3n) is 3.32. The van der Waals surface area contributed by atoms with Crippen molar-refractivity contribution < 1.29 is 0 Å². The summed E-state index contributed by atoms with van der Waals surface area (Å²) in [5, 5.41) is 4.87. The number of nitrogens with one attached hydrogen (secondary N) is 1. The molecule has 1 aromatic heterocycles. The van der Waals surface area contributed by atoms with Crippen molar-refractivity contribution >= 4 is 10.9 Å². The summed E-state index contributed by atoms with van der Waals surface area (Å²) in [6, 6.07) is 9.35. The van der Waals surface area contributed by atoms with E-state index < -0.39 is 0 Å². The maximum atomic E-state index is 5.37. The number of hydrogen-bond acceptors (Lipinski definition) is 1. The fourth-order valence-electron chi connectivity index (χ4n) is 2.22. The van der Waals surface area contributed by atoms with E-state index in [2.05, 4.69) is 46.3 Å². The topological polar surface area (TPSA) is 17.0 Å². The van der Waals surface area contributed by atoms with Crippen LogP contribution in [0.3, 0.4) is 0 Å². The van der Waals surface area contributed by atoms with Gasteiger partial charge in [-0.3, -0.25) is 0 Å². The van der Waals surface area contributed by atoms with Crippen LogP contribution in [0.1, 0.15) is 18.4 Å². The molecule has 0 spiro atoms. The second-order valence-electron chi connectivity index (χ2n) is 4.65. The van der Waals surface area contributed by atoms with Crippen molar-refractivity contribution in [3.05, 3.63) is 36.0 Å². The second kappa shape index (κ2) is 4.27. The van der Waals surface area contributed by atoms with Crippen LogP contribution in [-0.2, 0) is 13.1 Å². The Kier molecular flexibility index (Phi) is 2.62. The number of rotatable bonds is 4. The Morgan fingerprint density at radius 3 is 3.00 bits per heavy atom. The zero-order chi connectivity index (χ0) is 11.7. The molecule has 0 amide bonds. The molecule has 2 aromatic rings. The molecule has 1 aliphatic rings. The normalized spacial score (nSPS) is 15.0. The lowest BCUT2D eigenvalue weighted by atomic mass is 10.1.